The van der Waals surface area contributed by atoms with Crippen LogP contribution >= 0.6 is 54.8 Å². The van der Waals surface area contributed by atoms with Gasteiger partial charge in [0.25, 0.3) is 0 Å². The molecule has 5 heteroatoms. The maximum atomic E-state index is 10.3. The van der Waals surface area contributed by atoms with Crippen LogP contribution in [0.1, 0.15) is 22.1 Å². The van der Waals surface area contributed by atoms with Crippen LogP contribution in [0, 0.1) is 6.92 Å². The summed E-state index contributed by atoms with van der Waals surface area (Å²) >= 11 is 14.1. The molecule has 1 nitrogen and oxygen atoms in total. The summed E-state index contributed by atoms with van der Waals surface area (Å²) < 4.78 is 2.45. The van der Waals surface area contributed by atoms with Gasteiger partial charge in [-0.15, -0.1) is 11.3 Å². The van der Waals surface area contributed by atoms with Gasteiger partial charge in [-0.2, -0.15) is 0 Å². The van der Waals surface area contributed by atoms with E-state index in [0.29, 0.717) is 4.34 Å². The highest BCUT2D eigenvalue weighted by Gasteiger charge is 2.15. The van der Waals surface area contributed by atoms with Gasteiger partial charge in [-0.1, -0.05) is 33.6 Å². The van der Waals surface area contributed by atoms with Gasteiger partial charge in [-0.05, 0) is 52.2 Å². The first-order valence-corrected chi connectivity index (χ1v) is 7.65. The van der Waals surface area contributed by atoms with E-state index in [1.165, 1.54) is 11.3 Å². The first-order chi connectivity index (χ1) is 7.97. The average molecular weight is 397 g/mol. The summed E-state index contributed by atoms with van der Waals surface area (Å²) in [5.74, 6) is 0. The fourth-order valence-corrected chi connectivity index (χ4v) is 3.96. The Bertz CT molecular complexity index is 514. The van der Waals surface area contributed by atoms with Crippen molar-refractivity contribution in [1.29, 1.82) is 0 Å². The van der Waals surface area contributed by atoms with E-state index in [1.54, 1.807) is 0 Å². The highest BCUT2D eigenvalue weighted by molar-refractivity contribution is 9.10. The number of aliphatic hydroxyl groups excluding tert-OH is 1. The van der Waals surface area contributed by atoms with Crippen molar-refractivity contribution in [2.45, 2.75) is 13.0 Å². The zero-order chi connectivity index (χ0) is 12.6. The molecule has 2 rings (SSSR count). The summed E-state index contributed by atoms with van der Waals surface area (Å²) in [5.41, 5.74) is 1.97. The van der Waals surface area contributed by atoms with E-state index in [4.69, 9.17) is 11.6 Å². The van der Waals surface area contributed by atoms with E-state index in [1.807, 2.05) is 31.2 Å². The van der Waals surface area contributed by atoms with Crippen molar-refractivity contribution in [1.82, 2.24) is 0 Å². The van der Waals surface area contributed by atoms with Crippen LogP contribution < -0.4 is 0 Å². The van der Waals surface area contributed by atoms with Crippen LogP contribution in [0.4, 0.5) is 0 Å². The Kier molecular flexibility index (Phi) is 4.31. The number of benzene rings is 1. The van der Waals surface area contributed by atoms with Gasteiger partial charge in [0.15, 0.2) is 0 Å². The molecule has 0 saturated carbocycles. The molecule has 0 aliphatic carbocycles. The van der Waals surface area contributed by atoms with Crippen LogP contribution in [0.2, 0.25) is 4.34 Å². The molecule has 1 atom stereocenters. The molecule has 2 aromatic rings. The first-order valence-electron chi connectivity index (χ1n) is 4.87. The van der Waals surface area contributed by atoms with Crippen molar-refractivity contribution >= 4 is 54.8 Å². The second-order valence-electron chi connectivity index (χ2n) is 3.73. The van der Waals surface area contributed by atoms with E-state index in [0.717, 1.165) is 24.9 Å². The van der Waals surface area contributed by atoms with Gasteiger partial charge in [-0.25, -0.2) is 0 Å². The minimum absolute atomic E-state index is 0.639. The van der Waals surface area contributed by atoms with E-state index < -0.39 is 6.10 Å². The summed E-state index contributed by atoms with van der Waals surface area (Å²) in [4.78, 5) is 0.833. The van der Waals surface area contributed by atoms with Crippen LogP contribution in [0.25, 0.3) is 0 Å². The van der Waals surface area contributed by atoms with Gasteiger partial charge in [0.05, 0.1) is 0 Å². The lowest BCUT2D eigenvalue weighted by atomic mass is 10.1. The number of hydrogen-bond acceptors (Lipinski definition) is 2. The normalized spacial score (nSPS) is 12.8. The van der Waals surface area contributed by atoms with Crippen molar-refractivity contribution in [2.75, 3.05) is 0 Å². The monoisotopic (exact) mass is 394 g/mol. The molecule has 0 fully saturated rings. The zero-order valence-corrected chi connectivity index (χ0v) is 13.6. The van der Waals surface area contributed by atoms with E-state index in [9.17, 15) is 5.11 Å². The van der Waals surface area contributed by atoms with Crippen LogP contribution in [0.3, 0.4) is 0 Å². The fourth-order valence-electron chi connectivity index (χ4n) is 1.58. The van der Waals surface area contributed by atoms with Crippen molar-refractivity contribution in [3.63, 3.8) is 0 Å². The molecule has 0 saturated heterocycles. The summed E-state index contributed by atoms with van der Waals surface area (Å²) in [7, 11) is 0. The standard InChI is InChI=1S/C12H9Br2ClOS/c1-6-2-7(4-8(13)3-6)11(16)10-5-9(14)12(15)17-10/h2-5,11,16H,1H3. The van der Waals surface area contributed by atoms with Crippen molar-refractivity contribution in [2.24, 2.45) is 0 Å². The summed E-state index contributed by atoms with van der Waals surface area (Å²) in [6.45, 7) is 2.00. The average Bonchev–Trinajstić information content (AvgIpc) is 2.57. The third kappa shape index (κ3) is 3.12. The Balaban J connectivity index is 2.39. The highest BCUT2D eigenvalue weighted by atomic mass is 79.9. The Morgan fingerprint density at radius 2 is 1.94 bits per heavy atom. The number of halogens is 3. The fraction of sp³-hybridized carbons (Fsp3) is 0.167. The van der Waals surface area contributed by atoms with E-state index in [-0.39, 0.29) is 0 Å². The largest absolute Gasteiger partial charge is 0.383 e. The molecule has 1 aromatic carbocycles. The van der Waals surface area contributed by atoms with Gasteiger partial charge in [0.1, 0.15) is 10.4 Å². The molecule has 1 heterocycles. The molecular formula is C12H9Br2ClOS. The molecule has 0 radical (unpaired) electrons. The Morgan fingerprint density at radius 3 is 2.47 bits per heavy atom. The molecule has 0 aliphatic heterocycles. The quantitative estimate of drug-likeness (QED) is 0.729. The minimum Gasteiger partial charge on any atom is -0.383 e. The molecular weight excluding hydrogens is 387 g/mol. The Hall–Kier alpha value is 0.130. The Morgan fingerprint density at radius 1 is 1.24 bits per heavy atom. The predicted molar refractivity (Wildman–Crippen MR) is 80.0 cm³/mol. The van der Waals surface area contributed by atoms with Crippen LogP contribution in [0.15, 0.2) is 33.2 Å². The molecule has 90 valence electrons. The third-order valence-corrected chi connectivity index (χ3v) is 5.30. The number of rotatable bonds is 2. The van der Waals surface area contributed by atoms with Gasteiger partial charge >= 0.3 is 0 Å². The molecule has 0 aliphatic rings. The molecule has 0 amide bonds. The molecule has 0 spiro atoms. The number of thiophene rings is 1. The minimum atomic E-state index is -0.639. The summed E-state index contributed by atoms with van der Waals surface area (Å²) in [6.07, 6.45) is -0.639. The van der Waals surface area contributed by atoms with Crippen molar-refractivity contribution in [3.8, 4) is 0 Å². The lowest BCUT2D eigenvalue weighted by Crippen LogP contribution is -1.97. The number of hydrogen-bond donors (Lipinski definition) is 1. The maximum absolute atomic E-state index is 10.3. The Labute approximate surface area is 126 Å². The van der Waals surface area contributed by atoms with Crippen molar-refractivity contribution in [3.05, 3.63) is 53.6 Å². The number of aryl methyl sites for hydroxylation is 1. The molecule has 1 N–H and O–H groups in total. The van der Waals surface area contributed by atoms with Gasteiger partial charge in [0, 0.05) is 13.8 Å². The second-order valence-corrected chi connectivity index (χ2v) is 7.19. The second kappa shape index (κ2) is 5.41. The van der Waals surface area contributed by atoms with Crippen LogP contribution in [-0.2, 0) is 0 Å². The lowest BCUT2D eigenvalue weighted by Gasteiger charge is -2.10. The first kappa shape index (κ1) is 13.6. The van der Waals surface area contributed by atoms with E-state index >= 15 is 0 Å². The number of aliphatic hydroxyl groups is 1. The summed E-state index contributed by atoms with van der Waals surface area (Å²) in [5, 5.41) is 10.3. The van der Waals surface area contributed by atoms with Gasteiger partial charge in [-0.3, -0.25) is 0 Å². The SMILES string of the molecule is Cc1cc(Br)cc(C(O)c2cc(Br)c(Cl)s2)c1. The topological polar surface area (TPSA) is 20.2 Å². The smallest absolute Gasteiger partial charge is 0.113 e. The lowest BCUT2D eigenvalue weighted by molar-refractivity contribution is 0.224. The molecule has 17 heavy (non-hydrogen) atoms. The summed E-state index contributed by atoms with van der Waals surface area (Å²) in [6, 6.07) is 7.75. The molecule has 1 aromatic heterocycles. The zero-order valence-electron chi connectivity index (χ0n) is 8.88. The van der Waals surface area contributed by atoms with Gasteiger partial charge in [0.2, 0.25) is 0 Å². The predicted octanol–water partition coefficient (Wildman–Crippen LogP) is 5.32. The van der Waals surface area contributed by atoms with Gasteiger partial charge < -0.3 is 5.11 Å². The van der Waals surface area contributed by atoms with Crippen molar-refractivity contribution < 1.29 is 5.11 Å². The highest BCUT2D eigenvalue weighted by Crippen LogP contribution is 2.37. The van der Waals surface area contributed by atoms with Crippen LogP contribution in [0.5, 0.6) is 0 Å². The molecule has 0 bridgehead atoms. The third-order valence-electron chi connectivity index (χ3n) is 2.31. The maximum Gasteiger partial charge on any atom is 0.113 e. The van der Waals surface area contributed by atoms with E-state index in [2.05, 4.69) is 31.9 Å². The molecule has 1 unspecified atom stereocenters. The van der Waals surface area contributed by atoms with Crippen LogP contribution in [-0.4, -0.2) is 5.11 Å².